The fourth-order valence-electron chi connectivity index (χ4n) is 2.43. The first kappa shape index (κ1) is 13.0. The first-order valence-corrected chi connectivity index (χ1v) is 7.07. The largest absolute Gasteiger partial charge is 0.485 e. The molecule has 106 valence electrons. The molecule has 1 saturated carbocycles. The van der Waals surface area contributed by atoms with E-state index in [0.717, 1.165) is 31.4 Å². The molecule has 1 amide bonds. The Morgan fingerprint density at radius 2 is 1.90 bits per heavy atom. The molecule has 1 unspecified atom stereocenters. The van der Waals surface area contributed by atoms with Crippen molar-refractivity contribution >= 4 is 11.6 Å². The molecule has 2 aliphatic rings. The van der Waals surface area contributed by atoms with Gasteiger partial charge in [0, 0.05) is 5.71 Å². The highest BCUT2D eigenvalue weighted by Crippen LogP contribution is 2.30. The minimum Gasteiger partial charge on any atom is -0.485 e. The van der Waals surface area contributed by atoms with Gasteiger partial charge in [-0.15, -0.1) is 0 Å². The average molecular weight is 274 g/mol. The van der Waals surface area contributed by atoms with Crippen LogP contribution in [0, 0.1) is 0 Å². The van der Waals surface area contributed by atoms with E-state index in [1.807, 2.05) is 18.2 Å². The Morgan fingerprint density at radius 1 is 1.15 bits per heavy atom. The maximum absolute atomic E-state index is 12.0. The second-order valence-corrected chi connectivity index (χ2v) is 5.08. The second kappa shape index (κ2) is 5.94. The molecule has 20 heavy (non-hydrogen) atoms. The summed E-state index contributed by atoms with van der Waals surface area (Å²) in [6.45, 7) is 0.216. The number of nitrogens with zero attached hydrogens (tertiary/aromatic N) is 1. The number of para-hydroxylation sites is 2. The van der Waals surface area contributed by atoms with E-state index in [1.165, 1.54) is 6.42 Å². The van der Waals surface area contributed by atoms with Crippen molar-refractivity contribution in [2.45, 2.75) is 38.2 Å². The number of hydrogen-bond acceptors (Lipinski definition) is 4. The van der Waals surface area contributed by atoms with Crippen LogP contribution in [0.5, 0.6) is 11.5 Å². The molecule has 5 nitrogen and oxygen atoms in total. The van der Waals surface area contributed by atoms with Gasteiger partial charge in [-0.05, 0) is 37.8 Å². The number of carbonyl (C=O) groups is 1. The van der Waals surface area contributed by atoms with Crippen LogP contribution in [0.1, 0.15) is 32.1 Å². The Kier molecular flexibility index (Phi) is 3.85. The third-order valence-electron chi connectivity index (χ3n) is 3.56. The van der Waals surface area contributed by atoms with E-state index >= 15 is 0 Å². The molecule has 1 atom stereocenters. The first-order chi connectivity index (χ1) is 9.83. The van der Waals surface area contributed by atoms with Gasteiger partial charge in [-0.3, -0.25) is 4.79 Å². The number of hydrogen-bond donors (Lipinski definition) is 1. The smallest absolute Gasteiger partial charge is 0.284 e. The van der Waals surface area contributed by atoms with E-state index in [1.54, 1.807) is 6.07 Å². The molecule has 1 heterocycles. The SMILES string of the molecule is O=C(NN=C1CCCCC1)C1COc2ccccc2O1. The molecular formula is C15H18N2O3. The van der Waals surface area contributed by atoms with E-state index in [0.29, 0.717) is 11.5 Å². The van der Waals surface area contributed by atoms with Crippen molar-refractivity contribution in [3.05, 3.63) is 24.3 Å². The summed E-state index contributed by atoms with van der Waals surface area (Å²) in [4.78, 5) is 12.0. The standard InChI is InChI=1S/C15H18N2O3/c18-15(17-16-11-6-2-1-3-7-11)14-10-19-12-8-4-5-9-13(12)20-14/h4-5,8-9,14H,1-3,6-7,10H2,(H,17,18). The number of fused-ring (bicyclic) bond motifs is 1. The summed E-state index contributed by atoms with van der Waals surface area (Å²) in [6.07, 6.45) is 4.88. The summed E-state index contributed by atoms with van der Waals surface area (Å²) in [5.41, 5.74) is 3.67. The number of amides is 1. The molecule has 0 saturated heterocycles. The van der Waals surface area contributed by atoms with Crippen LogP contribution in [0.25, 0.3) is 0 Å². The van der Waals surface area contributed by atoms with Crippen molar-refractivity contribution in [1.82, 2.24) is 5.43 Å². The van der Waals surface area contributed by atoms with E-state index in [2.05, 4.69) is 10.5 Å². The molecule has 5 heteroatoms. The fraction of sp³-hybridized carbons (Fsp3) is 0.467. The average Bonchev–Trinajstić information content (AvgIpc) is 2.53. The number of ether oxygens (including phenoxy) is 2. The summed E-state index contributed by atoms with van der Waals surface area (Å²) in [5, 5.41) is 4.20. The molecule has 0 spiro atoms. The van der Waals surface area contributed by atoms with Crippen molar-refractivity contribution in [2.75, 3.05) is 6.61 Å². The minimum atomic E-state index is -0.641. The summed E-state index contributed by atoms with van der Waals surface area (Å²) in [5.74, 6) is 1.02. The van der Waals surface area contributed by atoms with Crippen molar-refractivity contribution in [2.24, 2.45) is 5.10 Å². The van der Waals surface area contributed by atoms with E-state index in [-0.39, 0.29) is 12.5 Å². The van der Waals surface area contributed by atoms with E-state index in [9.17, 15) is 4.79 Å². The van der Waals surface area contributed by atoms with Crippen LogP contribution >= 0.6 is 0 Å². The van der Waals surface area contributed by atoms with Crippen LogP contribution in [0.15, 0.2) is 29.4 Å². The van der Waals surface area contributed by atoms with Crippen molar-refractivity contribution in [3.8, 4) is 11.5 Å². The van der Waals surface area contributed by atoms with Gasteiger partial charge in [0.05, 0.1) is 0 Å². The Labute approximate surface area is 118 Å². The highest BCUT2D eigenvalue weighted by atomic mass is 16.6. The normalized spacial score (nSPS) is 21.2. The van der Waals surface area contributed by atoms with Gasteiger partial charge in [0.1, 0.15) is 6.61 Å². The van der Waals surface area contributed by atoms with Gasteiger partial charge in [0.15, 0.2) is 11.5 Å². The molecule has 1 N–H and O–H groups in total. The zero-order chi connectivity index (χ0) is 13.8. The Bertz CT molecular complexity index is 520. The molecule has 1 aliphatic carbocycles. The molecule has 1 aliphatic heterocycles. The lowest BCUT2D eigenvalue weighted by atomic mass is 9.99. The van der Waals surface area contributed by atoms with Gasteiger partial charge in [0.2, 0.25) is 6.10 Å². The molecule has 1 fully saturated rings. The molecule has 3 rings (SSSR count). The van der Waals surface area contributed by atoms with Crippen LogP contribution in [0.4, 0.5) is 0 Å². The molecule has 1 aromatic rings. The maximum atomic E-state index is 12.0. The van der Waals surface area contributed by atoms with Gasteiger partial charge in [-0.2, -0.15) is 5.10 Å². The lowest BCUT2D eigenvalue weighted by Crippen LogP contribution is -2.42. The predicted octanol–water partition coefficient (Wildman–Crippen LogP) is 2.26. The van der Waals surface area contributed by atoms with Gasteiger partial charge in [-0.1, -0.05) is 18.6 Å². The lowest BCUT2D eigenvalue weighted by molar-refractivity contribution is -0.130. The van der Waals surface area contributed by atoms with Crippen molar-refractivity contribution < 1.29 is 14.3 Å². The summed E-state index contributed by atoms with van der Waals surface area (Å²) in [6, 6.07) is 7.34. The predicted molar refractivity (Wildman–Crippen MR) is 75.0 cm³/mol. The topological polar surface area (TPSA) is 59.9 Å². The Morgan fingerprint density at radius 3 is 2.70 bits per heavy atom. The highest BCUT2D eigenvalue weighted by molar-refractivity contribution is 5.88. The molecule has 0 radical (unpaired) electrons. The van der Waals surface area contributed by atoms with E-state index in [4.69, 9.17) is 9.47 Å². The summed E-state index contributed by atoms with van der Waals surface area (Å²) >= 11 is 0. The van der Waals surface area contributed by atoms with Crippen molar-refractivity contribution in [3.63, 3.8) is 0 Å². The lowest BCUT2D eigenvalue weighted by Gasteiger charge is -2.25. The number of rotatable bonds is 2. The van der Waals surface area contributed by atoms with Gasteiger partial charge in [-0.25, -0.2) is 5.43 Å². The van der Waals surface area contributed by atoms with Crippen LogP contribution in [-0.4, -0.2) is 24.3 Å². The quantitative estimate of drug-likeness (QED) is 0.841. The number of benzene rings is 1. The van der Waals surface area contributed by atoms with Crippen LogP contribution in [-0.2, 0) is 4.79 Å². The van der Waals surface area contributed by atoms with Crippen molar-refractivity contribution in [1.29, 1.82) is 0 Å². The fourth-order valence-corrected chi connectivity index (χ4v) is 2.43. The van der Waals surface area contributed by atoms with Crippen LogP contribution in [0.2, 0.25) is 0 Å². The van der Waals surface area contributed by atoms with Crippen LogP contribution < -0.4 is 14.9 Å². The maximum Gasteiger partial charge on any atom is 0.284 e. The zero-order valence-corrected chi connectivity index (χ0v) is 11.3. The molecular weight excluding hydrogens is 256 g/mol. The third-order valence-corrected chi connectivity index (χ3v) is 3.56. The summed E-state index contributed by atoms with van der Waals surface area (Å²) < 4.78 is 11.1. The Hall–Kier alpha value is -2.04. The monoisotopic (exact) mass is 274 g/mol. The molecule has 1 aromatic carbocycles. The van der Waals surface area contributed by atoms with E-state index < -0.39 is 6.10 Å². The summed E-state index contributed by atoms with van der Waals surface area (Å²) in [7, 11) is 0. The number of nitrogens with one attached hydrogen (secondary N) is 1. The van der Waals surface area contributed by atoms with Crippen LogP contribution in [0.3, 0.4) is 0 Å². The van der Waals surface area contributed by atoms with Gasteiger partial charge < -0.3 is 9.47 Å². The number of carbonyl (C=O) groups excluding carboxylic acids is 1. The van der Waals surface area contributed by atoms with Gasteiger partial charge >= 0.3 is 0 Å². The van der Waals surface area contributed by atoms with Gasteiger partial charge in [0.25, 0.3) is 5.91 Å². The second-order valence-electron chi connectivity index (χ2n) is 5.08. The number of hydrazone groups is 1. The molecule has 0 bridgehead atoms. The third kappa shape index (κ3) is 2.92. The minimum absolute atomic E-state index is 0.216. The first-order valence-electron chi connectivity index (χ1n) is 7.07. The molecule has 0 aromatic heterocycles. The Balaban J connectivity index is 1.58. The highest BCUT2D eigenvalue weighted by Gasteiger charge is 2.27. The zero-order valence-electron chi connectivity index (χ0n) is 11.3.